The van der Waals surface area contributed by atoms with Gasteiger partial charge < -0.3 is 40.3 Å². The topological polar surface area (TPSA) is 149 Å². The molecule has 0 radical (unpaired) electrons. The van der Waals surface area contributed by atoms with Crippen molar-refractivity contribution in [1.82, 2.24) is 5.32 Å². The number of rotatable bonds is 49. The van der Waals surface area contributed by atoms with Crippen LogP contribution in [0.1, 0.15) is 251 Å². The second kappa shape index (κ2) is 50.2. The van der Waals surface area contributed by atoms with E-state index in [9.17, 15) is 30.3 Å². The Kier molecular flexibility index (Phi) is 47.1. The van der Waals surface area contributed by atoms with Gasteiger partial charge in [-0.25, -0.2) is 0 Å². The molecule has 1 saturated heterocycles. The summed E-state index contributed by atoms with van der Waals surface area (Å²) < 4.78 is 11.2. The summed E-state index contributed by atoms with van der Waals surface area (Å²) in [5, 5.41) is 54.4. The average molecular weight is 985 g/mol. The summed E-state index contributed by atoms with van der Waals surface area (Å²) >= 11 is 0. The monoisotopic (exact) mass is 984 g/mol. The van der Waals surface area contributed by atoms with Gasteiger partial charge >= 0.3 is 0 Å². The molecule has 0 aliphatic carbocycles. The van der Waals surface area contributed by atoms with Crippen molar-refractivity contribution in [2.24, 2.45) is 0 Å². The minimum absolute atomic E-state index is 0.209. The highest BCUT2D eigenvalue weighted by Gasteiger charge is 2.44. The molecular weight excluding hydrogens is 875 g/mol. The fourth-order valence-corrected chi connectivity index (χ4v) is 8.91. The largest absolute Gasteiger partial charge is 0.394 e. The lowest BCUT2D eigenvalue weighted by Crippen LogP contribution is -2.60. The Hall–Kier alpha value is -2.37. The molecule has 0 spiro atoms. The molecule has 1 aliphatic rings. The number of carbonyl (C=O) groups excluding carboxylic acids is 1. The summed E-state index contributed by atoms with van der Waals surface area (Å²) in [7, 11) is 0. The van der Waals surface area contributed by atoms with Crippen LogP contribution < -0.4 is 5.32 Å². The maximum Gasteiger partial charge on any atom is 0.220 e. The van der Waals surface area contributed by atoms with Gasteiger partial charge in [0.05, 0.1) is 25.4 Å². The highest BCUT2D eigenvalue weighted by Crippen LogP contribution is 2.23. The number of amides is 1. The average Bonchev–Trinajstić information content (AvgIpc) is 3.36. The van der Waals surface area contributed by atoms with E-state index in [1.54, 1.807) is 6.08 Å². The summed E-state index contributed by atoms with van der Waals surface area (Å²) in [4.78, 5) is 13.0. The second-order valence-electron chi connectivity index (χ2n) is 20.0. The molecule has 0 aromatic carbocycles. The molecule has 1 aliphatic heterocycles. The molecule has 7 unspecified atom stereocenters. The lowest BCUT2D eigenvalue weighted by atomic mass is 9.99. The molecular formula is C61H109NO8. The third kappa shape index (κ3) is 39.2. The molecule has 0 saturated carbocycles. The Morgan fingerprint density at radius 2 is 0.900 bits per heavy atom. The van der Waals surface area contributed by atoms with Gasteiger partial charge in [0, 0.05) is 6.42 Å². The van der Waals surface area contributed by atoms with Crippen LogP contribution in [-0.2, 0) is 14.3 Å². The number of hydrogen-bond donors (Lipinski definition) is 6. The van der Waals surface area contributed by atoms with Crippen molar-refractivity contribution in [2.45, 2.75) is 294 Å². The lowest BCUT2D eigenvalue weighted by molar-refractivity contribution is -0.302. The molecule has 1 amide bonds. The number of hydrogen-bond acceptors (Lipinski definition) is 8. The van der Waals surface area contributed by atoms with Gasteiger partial charge in [0.25, 0.3) is 0 Å². The van der Waals surface area contributed by atoms with E-state index in [1.165, 1.54) is 148 Å². The van der Waals surface area contributed by atoms with Gasteiger partial charge in [-0.2, -0.15) is 0 Å². The fourth-order valence-electron chi connectivity index (χ4n) is 8.91. The standard InChI is InChI=1S/C61H109NO8/c1-3-5-7-9-11-13-15-17-19-20-21-22-23-24-25-26-27-28-29-30-31-32-33-34-35-37-38-40-42-44-46-48-50-55(64)54(53-69-61-60(68)59(67)58(66)56(52-63)70-61)62-57(65)51-49-47-45-43-41-39-36-18-16-14-12-10-8-6-4-2/h6,8,12,14,18,34-36,40,42,48,50,54-56,58-61,63-64,66-68H,3-5,7,9-11,13,15-17,19-33,37-39,41,43-47,49,51-53H2,1-2H3,(H,62,65)/b8-6-,14-12-,35-34+,36-18-,42-40+,50-48+. The number of nitrogens with one attached hydrogen (secondary N) is 1. The van der Waals surface area contributed by atoms with Crippen molar-refractivity contribution >= 4 is 5.91 Å². The van der Waals surface area contributed by atoms with Gasteiger partial charge in [0.15, 0.2) is 6.29 Å². The number of ether oxygens (including phenoxy) is 2. The first kappa shape index (κ1) is 65.6. The number of aliphatic hydroxyl groups is 5. The maximum absolute atomic E-state index is 13.0. The lowest BCUT2D eigenvalue weighted by Gasteiger charge is -2.40. The fraction of sp³-hybridized carbons (Fsp3) is 0.787. The van der Waals surface area contributed by atoms with Crippen molar-refractivity contribution in [3.63, 3.8) is 0 Å². The summed E-state index contributed by atoms with van der Waals surface area (Å²) in [6, 6.07) is -0.841. The van der Waals surface area contributed by atoms with E-state index in [1.807, 2.05) is 6.08 Å². The van der Waals surface area contributed by atoms with E-state index in [4.69, 9.17) is 9.47 Å². The predicted molar refractivity (Wildman–Crippen MR) is 295 cm³/mol. The highest BCUT2D eigenvalue weighted by atomic mass is 16.7. The molecule has 0 bridgehead atoms. The Morgan fingerprint density at radius 1 is 0.500 bits per heavy atom. The highest BCUT2D eigenvalue weighted by molar-refractivity contribution is 5.76. The molecule has 0 aromatic heterocycles. The van der Waals surface area contributed by atoms with Gasteiger partial charge in [0.1, 0.15) is 24.4 Å². The first-order valence-electron chi connectivity index (χ1n) is 29.2. The van der Waals surface area contributed by atoms with Crippen LogP contribution in [0.15, 0.2) is 72.9 Å². The van der Waals surface area contributed by atoms with Crippen molar-refractivity contribution in [1.29, 1.82) is 0 Å². The quantitative estimate of drug-likeness (QED) is 0.0261. The second-order valence-corrected chi connectivity index (χ2v) is 20.0. The molecule has 1 heterocycles. The zero-order chi connectivity index (χ0) is 50.8. The SMILES string of the molecule is CC/C=C\C/C=C\C/C=C\CCCCCCCC(=O)NC(COC1OC(CO)C(O)C(O)C1O)C(O)/C=C/CC/C=C/CC/C=C/CCCCCCCCCCCCCCCCCCCCCCCC. The molecule has 406 valence electrons. The molecule has 0 aromatic rings. The third-order valence-electron chi connectivity index (χ3n) is 13.5. The van der Waals surface area contributed by atoms with Crippen LogP contribution in [0.4, 0.5) is 0 Å². The Labute approximate surface area is 429 Å². The number of unbranched alkanes of at least 4 members (excludes halogenated alkanes) is 29. The molecule has 6 N–H and O–H groups in total. The van der Waals surface area contributed by atoms with Crippen LogP contribution in [-0.4, -0.2) is 87.5 Å². The van der Waals surface area contributed by atoms with Crippen molar-refractivity contribution in [3.8, 4) is 0 Å². The van der Waals surface area contributed by atoms with Gasteiger partial charge in [0.2, 0.25) is 5.91 Å². The van der Waals surface area contributed by atoms with Crippen LogP contribution in [0.5, 0.6) is 0 Å². The van der Waals surface area contributed by atoms with E-state index in [0.29, 0.717) is 6.42 Å². The smallest absolute Gasteiger partial charge is 0.220 e. The van der Waals surface area contributed by atoms with E-state index >= 15 is 0 Å². The van der Waals surface area contributed by atoms with Crippen LogP contribution in [0.25, 0.3) is 0 Å². The van der Waals surface area contributed by atoms with Crippen molar-refractivity contribution in [2.75, 3.05) is 13.2 Å². The van der Waals surface area contributed by atoms with Crippen molar-refractivity contribution < 1.29 is 39.8 Å². The summed E-state index contributed by atoms with van der Waals surface area (Å²) in [5.41, 5.74) is 0. The molecule has 70 heavy (non-hydrogen) atoms. The van der Waals surface area contributed by atoms with Gasteiger partial charge in [-0.15, -0.1) is 0 Å². The minimum Gasteiger partial charge on any atom is -0.394 e. The Balaban J connectivity index is 2.21. The van der Waals surface area contributed by atoms with E-state index in [-0.39, 0.29) is 12.5 Å². The first-order valence-corrected chi connectivity index (χ1v) is 29.2. The Morgan fingerprint density at radius 3 is 1.37 bits per heavy atom. The number of aliphatic hydroxyl groups excluding tert-OH is 5. The van der Waals surface area contributed by atoms with Crippen molar-refractivity contribution in [3.05, 3.63) is 72.9 Å². The van der Waals surface area contributed by atoms with Gasteiger partial charge in [-0.1, -0.05) is 241 Å². The van der Waals surface area contributed by atoms with Crippen LogP contribution in [0.3, 0.4) is 0 Å². The first-order chi connectivity index (χ1) is 34.3. The summed E-state index contributed by atoms with van der Waals surface area (Å²) in [6.07, 6.45) is 62.8. The molecule has 1 rings (SSSR count). The van der Waals surface area contributed by atoms with Gasteiger partial charge in [-0.05, 0) is 77.0 Å². The maximum atomic E-state index is 13.0. The molecule has 7 atom stereocenters. The molecule has 9 nitrogen and oxygen atoms in total. The zero-order valence-electron chi connectivity index (χ0n) is 45.0. The van der Waals surface area contributed by atoms with Crippen LogP contribution in [0.2, 0.25) is 0 Å². The Bertz CT molecular complexity index is 1330. The molecule has 1 fully saturated rings. The zero-order valence-corrected chi connectivity index (χ0v) is 45.0. The van der Waals surface area contributed by atoms with E-state index in [0.717, 1.165) is 83.5 Å². The van der Waals surface area contributed by atoms with E-state index in [2.05, 4.69) is 79.9 Å². The third-order valence-corrected chi connectivity index (χ3v) is 13.5. The van der Waals surface area contributed by atoms with Gasteiger partial charge in [-0.3, -0.25) is 4.79 Å². The van der Waals surface area contributed by atoms with Crippen LogP contribution in [0, 0.1) is 0 Å². The summed E-state index contributed by atoms with van der Waals surface area (Å²) in [6.45, 7) is 3.64. The predicted octanol–water partition coefficient (Wildman–Crippen LogP) is 14.5. The number of carbonyl (C=O) groups is 1. The molecule has 9 heteroatoms. The normalized spacial score (nSPS) is 19.9. The van der Waals surface area contributed by atoms with Crippen LogP contribution >= 0.6 is 0 Å². The number of allylic oxidation sites excluding steroid dienone is 11. The summed E-state index contributed by atoms with van der Waals surface area (Å²) in [5.74, 6) is -0.209. The minimum atomic E-state index is -1.58. The van der Waals surface area contributed by atoms with E-state index < -0.39 is 49.5 Å².